The first-order valence-electron chi connectivity index (χ1n) is 6.74. The Hall–Kier alpha value is -3.28. The number of hydrogen-bond acceptors (Lipinski definition) is 5. The molecule has 22 heavy (non-hydrogen) atoms. The maximum Gasteiger partial charge on any atom is 0.157 e. The third kappa shape index (κ3) is 2.07. The molecule has 3 aromatic carbocycles. The molecule has 0 radical (unpaired) electrons. The zero-order valence-electron chi connectivity index (χ0n) is 11.4. The van der Waals surface area contributed by atoms with E-state index in [4.69, 9.17) is 0 Å². The number of rotatable bonds is 2. The number of benzene rings is 3. The third-order valence-electron chi connectivity index (χ3n) is 3.44. The molecule has 1 aromatic heterocycles. The van der Waals surface area contributed by atoms with Gasteiger partial charge in [0.2, 0.25) is 0 Å². The van der Waals surface area contributed by atoms with E-state index in [-0.39, 0.29) is 5.75 Å². The minimum Gasteiger partial charge on any atom is -0.506 e. The summed E-state index contributed by atoms with van der Waals surface area (Å²) in [7, 11) is 0. The average molecular weight is 289 g/mol. The van der Waals surface area contributed by atoms with Crippen molar-refractivity contribution in [1.82, 2.24) is 15.4 Å². The van der Waals surface area contributed by atoms with Crippen LogP contribution in [0.25, 0.3) is 21.8 Å². The molecule has 0 fully saturated rings. The van der Waals surface area contributed by atoms with Gasteiger partial charge in [0.25, 0.3) is 0 Å². The monoisotopic (exact) mass is 289 g/mol. The average Bonchev–Trinajstić information content (AvgIpc) is 3.02. The zero-order valence-corrected chi connectivity index (χ0v) is 11.4. The van der Waals surface area contributed by atoms with E-state index in [0.29, 0.717) is 22.4 Å². The van der Waals surface area contributed by atoms with Crippen molar-refractivity contribution in [1.29, 1.82) is 0 Å². The molecule has 6 heteroatoms. The lowest BCUT2D eigenvalue weighted by atomic mass is 10.1. The number of hydrogen-bond donors (Lipinski definition) is 2. The van der Waals surface area contributed by atoms with Crippen molar-refractivity contribution >= 4 is 33.2 Å². The van der Waals surface area contributed by atoms with E-state index in [0.717, 1.165) is 10.8 Å². The first kappa shape index (κ1) is 12.5. The number of nitrogens with zero attached hydrogens (tertiary/aromatic N) is 4. The molecule has 0 aliphatic heterocycles. The Morgan fingerprint density at radius 1 is 0.864 bits per heavy atom. The largest absolute Gasteiger partial charge is 0.506 e. The van der Waals surface area contributed by atoms with Gasteiger partial charge in [-0.15, -0.1) is 5.11 Å². The second-order valence-electron chi connectivity index (χ2n) is 4.86. The molecular formula is C16H11N5O. The van der Waals surface area contributed by atoms with Crippen molar-refractivity contribution in [3.05, 3.63) is 54.6 Å². The van der Waals surface area contributed by atoms with Gasteiger partial charge in [0.05, 0.1) is 5.69 Å². The molecule has 4 rings (SSSR count). The van der Waals surface area contributed by atoms with Gasteiger partial charge >= 0.3 is 0 Å². The van der Waals surface area contributed by atoms with Crippen LogP contribution in [0, 0.1) is 0 Å². The smallest absolute Gasteiger partial charge is 0.157 e. The topological polar surface area (TPSA) is 86.5 Å². The molecule has 6 nitrogen and oxygen atoms in total. The maximum atomic E-state index is 9.94. The molecule has 1 heterocycles. The molecule has 0 atom stereocenters. The van der Waals surface area contributed by atoms with Gasteiger partial charge in [-0.05, 0) is 35.0 Å². The predicted molar refractivity (Wildman–Crippen MR) is 83.7 cm³/mol. The summed E-state index contributed by atoms with van der Waals surface area (Å²) in [6.45, 7) is 0. The van der Waals surface area contributed by atoms with E-state index < -0.39 is 0 Å². The molecule has 4 aromatic rings. The van der Waals surface area contributed by atoms with Crippen molar-refractivity contribution in [3.8, 4) is 5.75 Å². The molecule has 0 bridgehead atoms. The number of aromatic amines is 1. The van der Waals surface area contributed by atoms with Crippen molar-refractivity contribution in [2.75, 3.05) is 0 Å². The van der Waals surface area contributed by atoms with Crippen LogP contribution in [0.3, 0.4) is 0 Å². The lowest BCUT2D eigenvalue weighted by Crippen LogP contribution is -1.74. The first-order valence-corrected chi connectivity index (χ1v) is 6.74. The zero-order chi connectivity index (χ0) is 14.9. The lowest BCUT2D eigenvalue weighted by Gasteiger charge is -1.99. The molecule has 0 spiro atoms. The highest BCUT2D eigenvalue weighted by molar-refractivity contribution is 5.89. The van der Waals surface area contributed by atoms with Gasteiger partial charge in [0, 0.05) is 0 Å². The number of aromatic hydroxyl groups is 1. The SMILES string of the molecule is Oc1ccc2n[nH]nc2c1N=Nc1ccc2ccccc2c1. The molecule has 0 amide bonds. The molecule has 2 N–H and O–H groups in total. The van der Waals surface area contributed by atoms with E-state index >= 15 is 0 Å². The Bertz CT molecular complexity index is 1010. The predicted octanol–water partition coefficient (Wildman–Crippen LogP) is 4.23. The van der Waals surface area contributed by atoms with Crippen LogP contribution in [-0.4, -0.2) is 20.5 Å². The van der Waals surface area contributed by atoms with Gasteiger partial charge < -0.3 is 5.11 Å². The van der Waals surface area contributed by atoms with E-state index in [2.05, 4.69) is 25.6 Å². The molecule has 0 aliphatic carbocycles. The quantitative estimate of drug-likeness (QED) is 0.541. The molecule has 106 valence electrons. The van der Waals surface area contributed by atoms with Gasteiger partial charge in [-0.25, -0.2) is 0 Å². The normalized spacial score (nSPS) is 11.6. The molecule has 0 saturated carbocycles. The summed E-state index contributed by atoms with van der Waals surface area (Å²) in [5.74, 6) is 0.0194. The minimum atomic E-state index is 0.0194. The number of phenolic OH excluding ortho intramolecular Hbond substituents is 1. The summed E-state index contributed by atoms with van der Waals surface area (Å²) in [5.41, 5.74) is 2.13. The highest BCUT2D eigenvalue weighted by Crippen LogP contribution is 2.34. The number of H-pyrrole nitrogens is 1. The Morgan fingerprint density at radius 2 is 1.73 bits per heavy atom. The Balaban J connectivity index is 1.78. The summed E-state index contributed by atoms with van der Waals surface area (Å²) in [5, 5.41) is 31.0. The van der Waals surface area contributed by atoms with Crippen LogP contribution in [0.4, 0.5) is 11.4 Å². The summed E-state index contributed by atoms with van der Waals surface area (Å²) in [6.07, 6.45) is 0. The van der Waals surface area contributed by atoms with Crippen LogP contribution in [0.15, 0.2) is 64.8 Å². The summed E-state index contributed by atoms with van der Waals surface area (Å²) >= 11 is 0. The van der Waals surface area contributed by atoms with Gasteiger partial charge in [-0.2, -0.15) is 20.5 Å². The molecule has 0 unspecified atom stereocenters. The van der Waals surface area contributed by atoms with Crippen LogP contribution >= 0.6 is 0 Å². The van der Waals surface area contributed by atoms with Crippen LogP contribution in [0.1, 0.15) is 0 Å². The van der Waals surface area contributed by atoms with Crippen molar-refractivity contribution in [2.24, 2.45) is 10.2 Å². The summed E-state index contributed by atoms with van der Waals surface area (Å²) in [4.78, 5) is 0. The molecule has 0 saturated heterocycles. The van der Waals surface area contributed by atoms with Gasteiger partial charge in [0.1, 0.15) is 16.8 Å². The van der Waals surface area contributed by atoms with Gasteiger partial charge in [-0.1, -0.05) is 30.3 Å². The van der Waals surface area contributed by atoms with Crippen LogP contribution in [0.2, 0.25) is 0 Å². The minimum absolute atomic E-state index is 0.0194. The fraction of sp³-hybridized carbons (Fsp3) is 0. The first-order chi connectivity index (χ1) is 10.8. The van der Waals surface area contributed by atoms with Crippen LogP contribution < -0.4 is 0 Å². The number of nitrogens with one attached hydrogen (secondary N) is 1. The van der Waals surface area contributed by atoms with Gasteiger partial charge in [0.15, 0.2) is 5.69 Å². The van der Waals surface area contributed by atoms with Crippen LogP contribution in [-0.2, 0) is 0 Å². The lowest BCUT2D eigenvalue weighted by molar-refractivity contribution is 0.477. The second kappa shape index (κ2) is 4.92. The third-order valence-corrected chi connectivity index (χ3v) is 3.44. The van der Waals surface area contributed by atoms with E-state index in [1.165, 1.54) is 6.07 Å². The van der Waals surface area contributed by atoms with E-state index in [1.54, 1.807) is 6.07 Å². The number of azo groups is 1. The van der Waals surface area contributed by atoms with E-state index in [9.17, 15) is 5.11 Å². The summed E-state index contributed by atoms with van der Waals surface area (Å²) < 4.78 is 0. The highest BCUT2D eigenvalue weighted by Gasteiger charge is 2.09. The molecule has 0 aliphatic rings. The van der Waals surface area contributed by atoms with E-state index in [1.807, 2.05) is 42.5 Å². The summed E-state index contributed by atoms with van der Waals surface area (Å²) in [6, 6.07) is 17.0. The number of aromatic nitrogens is 3. The van der Waals surface area contributed by atoms with Gasteiger partial charge in [-0.3, -0.25) is 0 Å². The fourth-order valence-electron chi connectivity index (χ4n) is 2.33. The van der Waals surface area contributed by atoms with Crippen molar-refractivity contribution in [3.63, 3.8) is 0 Å². The highest BCUT2D eigenvalue weighted by atomic mass is 16.3. The Labute approximate surface area is 125 Å². The fourth-order valence-corrected chi connectivity index (χ4v) is 2.33. The van der Waals surface area contributed by atoms with Crippen LogP contribution in [0.5, 0.6) is 5.75 Å². The molecular weight excluding hydrogens is 278 g/mol. The van der Waals surface area contributed by atoms with Crippen molar-refractivity contribution in [2.45, 2.75) is 0 Å². The Kier molecular flexibility index (Phi) is 2.79. The Morgan fingerprint density at radius 3 is 2.64 bits per heavy atom. The number of fused-ring (bicyclic) bond motifs is 2. The number of phenols is 1. The second-order valence-corrected chi connectivity index (χ2v) is 4.86. The maximum absolute atomic E-state index is 9.94. The van der Waals surface area contributed by atoms with Crippen molar-refractivity contribution < 1.29 is 5.11 Å². The standard InChI is InChI=1S/C16H11N5O/c22-14-8-7-13-15(20-21-18-13)16(14)19-17-12-6-5-10-3-1-2-4-11(10)9-12/h1-9,22H,(H,18,20,21).